The highest BCUT2D eigenvalue weighted by Gasteiger charge is 2.36. The van der Waals surface area contributed by atoms with Gasteiger partial charge in [-0.05, 0) is 62.1 Å². The molecule has 0 unspecified atom stereocenters. The van der Waals surface area contributed by atoms with Crippen molar-refractivity contribution in [3.8, 4) is 0 Å². The summed E-state index contributed by atoms with van der Waals surface area (Å²) in [5, 5.41) is 3.01. The SMILES string of the molecule is O=C(CS)NCCN(CCCN1CCCCC1)CCSC(c1ccccc1)(c1ccccc1)c1ccccc1. The summed E-state index contributed by atoms with van der Waals surface area (Å²) < 4.78 is -0.302. The Morgan fingerprint density at radius 1 is 0.795 bits per heavy atom. The average Bonchev–Trinajstić information content (AvgIpc) is 3.01. The van der Waals surface area contributed by atoms with Crippen LogP contribution < -0.4 is 5.32 Å². The number of carbonyl (C=O) groups excluding carboxylic acids is 1. The number of hydrogen-bond donors (Lipinski definition) is 2. The van der Waals surface area contributed by atoms with E-state index in [4.69, 9.17) is 0 Å². The summed E-state index contributed by atoms with van der Waals surface area (Å²) in [4.78, 5) is 17.0. The minimum absolute atomic E-state index is 0.00257. The standard InChI is InChI=1S/C33H43N3OS2/c37-32(28-38)34-20-25-36(24-13-23-35-21-11-4-12-22-35)26-27-39-33(29-14-5-1-6-15-29,30-16-7-2-8-17-30)31-18-9-3-10-19-31/h1-3,5-10,14-19,38H,4,11-13,20-28H2,(H,34,37). The Bertz CT molecular complexity index is 995. The molecule has 1 aliphatic heterocycles. The molecule has 6 heteroatoms. The van der Waals surface area contributed by atoms with Crippen LogP contribution in [0.15, 0.2) is 91.0 Å². The number of piperidine rings is 1. The topological polar surface area (TPSA) is 35.6 Å². The third-order valence-corrected chi connectivity index (χ3v) is 9.37. The van der Waals surface area contributed by atoms with Crippen LogP contribution in [0.25, 0.3) is 0 Å². The Morgan fingerprint density at radius 2 is 1.33 bits per heavy atom. The first-order valence-corrected chi connectivity index (χ1v) is 16.0. The Balaban J connectivity index is 1.50. The average molecular weight is 562 g/mol. The number of hydrogen-bond acceptors (Lipinski definition) is 5. The summed E-state index contributed by atoms with van der Waals surface area (Å²) in [7, 11) is 0. The highest BCUT2D eigenvalue weighted by Crippen LogP contribution is 2.48. The van der Waals surface area contributed by atoms with Gasteiger partial charge in [-0.1, -0.05) is 97.4 Å². The van der Waals surface area contributed by atoms with Crippen molar-refractivity contribution in [3.63, 3.8) is 0 Å². The molecule has 1 heterocycles. The number of likely N-dealkylation sites (tertiary alicyclic amines) is 1. The zero-order valence-corrected chi connectivity index (χ0v) is 24.7. The van der Waals surface area contributed by atoms with Crippen LogP contribution in [0.3, 0.4) is 0 Å². The van der Waals surface area contributed by atoms with Crippen LogP contribution >= 0.6 is 24.4 Å². The highest BCUT2D eigenvalue weighted by molar-refractivity contribution is 8.00. The predicted octanol–water partition coefficient (Wildman–Crippen LogP) is 5.94. The molecule has 0 bridgehead atoms. The summed E-state index contributed by atoms with van der Waals surface area (Å²) in [6.07, 6.45) is 5.19. The number of carbonyl (C=O) groups is 1. The molecule has 3 aromatic carbocycles. The molecule has 1 fully saturated rings. The van der Waals surface area contributed by atoms with Crippen molar-refractivity contribution in [1.82, 2.24) is 15.1 Å². The van der Waals surface area contributed by atoms with Crippen molar-refractivity contribution in [3.05, 3.63) is 108 Å². The fourth-order valence-electron chi connectivity index (χ4n) is 5.54. The maximum atomic E-state index is 11.8. The molecule has 0 spiro atoms. The lowest BCUT2D eigenvalue weighted by Gasteiger charge is -2.36. The van der Waals surface area contributed by atoms with E-state index in [0.717, 1.165) is 38.4 Å². The fourth-order valence-corrected chi connectivity index (χ4v) is 7.22. The zero-order valence-electron chi connectivity index (χ0n) is 23.0. The van der Waals surface area contributed by atoms with Crippen LogP contribution in [0.4, 0.5) is 0 Å². The van der Waals surface area contributed by atoms with E-state index in [2.05, 4.69) is 119 Å². The van der Waals surface area contributed by atoms with E-state index in [0.29, 0.717) is 6.54 Å². The maximum Gasteiger partial charge on any atom is 0.229 e. The van der Waals surface area contributed by atoms with Gasteiger partial charge in [0.25, 0.3) is 0 Å². The number of nitrogens with one attached hydrogen (secondary N) is 1. The second-order valence-electron chi connectivity index (χ2n) is 10.2. The van der Waals surface area contributed by atoms with E-state index in [1.54, 1.807) is 0 Å². The van der Waals surface area contributed by atoms with E-state index in [-0.39, 0.29) is 16.4 Å². The Labute approximate surface area is 245 Å². The van der Waals surface area contributed by atoms with Crippen molar-refractivity contribution >= 4 is 30.3 Å². The molecule has 1 saturated heterocycles. The zero-order chi connectivity index (χ0) is 27.2. The van der Waals surface area contributed by atoms with Gasteiger partial charge in [0.1, 0.15) is 0 Å². The lowest BCUT2D eigenvalue weighted by atomic mass is 9.84. The summed E-state index contributed by atoms with van der Waals surface area (Å²) >= 11 is 6.12. The molecule has 1 aliphatic rings. The monoisotopic (exact) mass is 561 g/mol. The van der Waals surface area contributed by atoms with Gasteiger partial charge in [0, 0.05) is 25.4 Å². The van der Waals surface area contributed by atoms with Crippen molar-refractivity contribution in [2.45, 2.75) is 30.4 Å². The molecular formula is C33H43N3OS2. The minimum atomic E-state index is -0.302. The van der Waals surface area contributed by atoms with Crippen LogP contribution in [0.2, 0.25) is 0 Å². The molecule has 39 heavy (non-hydrogen) atoms. The van der Waals surface area contributed by atoms with Gasteiger partial charge < -0.3 is 15.1 Å². The molecule has 0 aliphatic carbocycles. The highest BCUT2D eigenvalue weighted by atomic mass is 32.2. The van der Waals surface area contributed by atoms with Gasteiger partial charge in [-0.15, -0.1) is 11.8 Å². The van der Waals surface area contributed by atoms with Gasteiger partial charge >= 0.3 is 0 Å². The molecule has 0 atom stereocenters. The van der Waals surface area contributed by atoms with E-state index in [9.17, 15) is 4.79 Å². The lowest BCUT2D eigenvalue weighted by molar-refractivity contribution is -0.118. The lowest BCUT2D eigenvalue weighted by Crippen LogP contribution is -2.39. The number of thioether (sulfide) groups is 1. The number of thiol groups is 1. The van der Waals surface area contributed by atoms with Gasteiger partial charge in [-0.2, -0.15) is 12.6 Å². The van der Waals surface area contributed by atoms with Crippen molar-refractivity contribution in [2.24, 2.45) is 0 Å². The molecule has 0 radical (unpaired) electrons. The van der Waals surface area contributed by atoms with Crippen molar-refractivity contribution in [2.75, 3.05) is 57.3 Å². The third kappa shape index (κ3) is 8.62. The molecule has 4 rings (SSSR count). The van der Waals surface area contributed by atoms with Gasteiger partial charge in [0.05, 0.1) is 10.5 Å². The Hall–Kier alpha value is -2.25. The molecule has 3 aromatic rings. The summed E-state index contributed by atoms with van der Waals surface area (Å²) in [5.41, 5.74) is 3.89. The van der Waals surface area contributed by atoms with Crippen LogP contribution in [-0.2, 0) is 9.54 Å². The molecule has 208 valence electrons. The summed E-state index contributed by atoms with van der Waals surface area (Å²) in [6, 6.07) is 32.7. The van der Waals surface area contributed by atoms with Gasteiger partial charge in [0.2, 0.25) is 5.91 Å². The van der Waals surface area contributed by atoms with Crippen LogP contribution in [-0.4, -0.2) is 73.0 Å². The summed E-state index contributed by atoms with van der Waals surface area (Å²) in [6.45, 7) is 7.17. The second kappa shape index (κ2) is 16.1. The van der Waals surface area contributed by atoms with E-state index < -0.39 is 0 Å². The maximum absolute atomic E-state index is 11.8. The number of amides is 1. The van der Waals surface area contributed by atoms with Gasteiger partial charge in [-0.25, -0.2) is 0 Å². The molecule has 0 saturated carbocycles. The van der Waals surface area contributed by atoms with E-state index >= 15 is 0 Å². The first kappa shape index (κ1) is 29.7. The van der Waals surface area contributed by atoms with Crippen LogP contribution in [0, 0.1) is 0 Å². The third-order valence-electron chi connectivity index (χ3n) is 7.56. The van der Waals surface area contributed by atoms with E-state index in [1.807, 2.05) is 11.8 Å². The van der Waals surface area contributed by atoms with Crippen LogP contribution in [0.1, 0.15) is 42.4 Å². The molecule has 1 amide bonds. The largest absolute Gasteiger partial charge is 0.354 e. The first-order chi connectivity index (χ1) is 19.2. The first-order valence-electron chi connectivity index (χ1n) is 14.3. The smallest absolute Gasteiger partial charge is 0.229 e. The number of nitrogens with zero attached hydrogens (tertiary/aromatic N) is 2. The van der Waals surface area contributed by atoms with Crippen LogP contribution in [0.5, 0.6) is 0 Å². The molecule has 4 nitrogen and oxygen atoms in total. The van der Waals surface area contributed by atoms with Gasteiger partial charge in [-0.3, -0.25) is 4.79 Å². The van der Waals surface area contributed by atoms with Crippen molar-refractivity contribution < 1.29 is 4.79 Å². The fraction of sp³-hybridized carbons (Fsp3) is 0.424. The van der Waals surface area contributed by atoms with Gasteiger partial charge in [0.15, 0.2) is 0 Å². The summed E-state index contributed by atoms with van der Waals surface area (Å²) in [5.74, 6) is 1.21. The number of benzene rings is 3. The minimum Gasteiger partial charge on any atom is -0.354 e. The normalized spacial score (nSPS) is 14.4. The molecular weight excluding hydrogens is 519 g/mol. The van der Waals surface area contributed by atoms with Crippen molar-refractivity contribution in [1.29, 1.82) is 0 Å². The van der Waals surface area contributed by atoms with E-state index in [1.165, 1.54) is 49.0 Å². The number of rotatable bonds is 15. The Morgan fingerprint density at radius 3 is 1.85 bits per heavy atom. The second-order valence-corrected chi connectivity index (χ2v) is 11.9. The Kier molecular flexibility index (Phi) is 12.3. The molecule has 0 aromatic heterocycles. The predicted molar refractivity (Wildman–Crippen MR) is 170 cm³/mol. The molecule has 1 N–H and O–H groups in total. The quantitative estimate of drug-likeness (QED) is 0.178.